The molecule has 1 saturated carbocycles. The fourth-order valence-electron chi connectivity index (χ4n) is 4.55. The molecule has 1 aromatic rings. The molecule has 1 aliphatic carbocycles. The number of benzene rings is 1. The molecule has 2 heteroatoms. The van der Waals surface area contributed by atoms with Crippen molar-refractivity contribution in [2.24, 2.45) is 11.7 Å². The lowest BCUT2D eigenvalue weighted by molar-refractivity contribution is 0.0605. The summed E-state index contributed by atoms with van der Waals surface area (Å²) >= 11 is 0. The van der Waals surface area contributed by atoms with Crippen molar-refractivity contribution >= 4 is 0 Å². The molecule has 2 fully saturated rings. The highest BCUT2D eigenvalue weighted by molar-refractivity contribution is 5.28. The van der Waals surface area contributed by atoms with Crippen molar-refractivity contribution in [1.82, 2.24) is 4.90 Å². The Morgan fingerprint density at radius 2 is 1.83 bits per heavy atom. The third kappa shape index (κ3) is 3.80. The molecule has 0 bridgehead atoms. The van der Waals surface area contributed by atoms with Crippen LogP contribution in [0.5, 0.6) is 0 Å². The number of likely N-dealkylation sites (tertiary alicyclic amines) is 1. The Morgan fingerprint density at radius 1 is 1.13 bits per heavy atom. The summed E-state index contributed by atoms with van der Waals surface area (Å²) in [5.74, 6) is 2.14. The van der Waals surface area contributed by atoms with E-state index in [4.69, 9.17) is 5.73 Å². The summed E-state index contributed by atoms with van der Waals surface area (Å²) in [7, 11) is 0. The van der Waals surface area contributed by atoms with Gasteiger partial charge in [-0.3, -0.25) is 4.90 Å². The smallest absolute Gasteiger partial charge is 0.0174 e. The summed E-state index contributed by atoms with van der Waals surface area (Å²) in [6, 6.07) is 10.4. The maximum atomic E-state index is 6.44. The van der Waals surface area contributed by atoms with E-state index >= 15 is 0 Å². The predicted octanol–water partition coefficient (Wildman–Crippen LogP) is 4.51. The molecule has 128 valence electrons. The van der Waals surface area contributed by atoms with Crippen LogP contribution in [-0.4, -0.2) is 30.1 Å². The van der Waals surface area contributed by atoms with Crippen LogP contribution in [0.3, 0.4) is 0 Å². The Bertz CT molecular complexity index is 489. The zero-order chi connectivity index (χ0) is 16.4. The van der Waals surface area contributed by atoms with Crippen LogP contribution in [0.2, 0.25) is 0 Å². The van der Waals surface area contributed by atoms with E-state index in [9.17, 15) is 0 Å². The van der Waals surface area contributed by atoms with Crippen LogP contribution in [0.25, 0.3) is 0 Å². The lowest BCUT2D eigenvalue weighted by Gasteiger charge is -2.46. The SMILES string of the molecule is CCC(C1CCC1)N1CC(N)CC(c2ccc(C(C)C)cc2)C1. The van der Waals surface area contributed by atoms with Crippen LogP contribution in [-0.2, 0) is 0 Å². The van der Waals surface area contributed by atoms with Crippen molar-refractivity contribution in [2.75, 3.05) is 13.1 Å². The van der Waals surface area contributed by atoms with E-state index in [1.54, 1.807) is 0 Å². The number of hydrogen-bond acceptors (Lipinski definition) is 2. The molecule has 0 amide bonds. The Balaban J connectivity index is 1.71. The van der Waals surface area contributed by atoms with Gasteiger partial charge >= 0.3 is 0 Å². The van der Waals surface area contributed by atoms with E-state index in [1.165, 1.54) is 43.4 Å². The molecule has 3 unspecified atom stereocenters. The summed E-state index contributed by atoms with van der Waals surface area (Å²) in [5, 5.41) is 0. The summed E-state index contributed by atoms with van der Waals surface area (Å²) in [5.41, 5.74) is 9.36. The highest BCUT2D eigenvalue weighted by atomic mass is 15.2. The first kappa shape index (κ1) is 17.0. The van der Waals surface area contributed by atoms with E-state index < -0.39 is 0 Å². The van der Waals surface area contributed by atoms with Gasteiger partial charge in [0.2, 0.25) is 0 Å². The Labute approximate surface area is 142 Å². The molecule has 2 N–H and O–H groups in total. The largest absolute Gasteiger partial charge is 0.327 e. The molecule has 0 spiro atoms. The molecule has 0 aromatic heterocycles. The fourth-order valence-corrected chi connectivity index (χ4v) is 4.55. The van der Waals surface area contributed by atoms with Crippen molar-refractivity contribution < 1.29 is 0 Å². The van der Waals surface area contributed by atoms with E-state index in [-0.39, 0.29) is 0 Å². The van der Waals surface area contributed by atoms with Gasteiger partial charge in [0.1, 0.15) is 0 Å². The zero-order valence-electron chi connectivity index (χ0n) is 15.2. The second-order valence-electron chi connectivity index (χ2n) is 8.13. The van der Waals surface area contributed by atoms with Crippen molar-refractivity contribution in [1.29, 1.82) is 0 Å². The molecule has 2 aliphatic rings. The van der Waals surface area contributed by atoms with Crippen molar-refractivity contribution in [3.8, 4) is 0 Å². The van der Waals surface area contributed by atoms with Gasteiger partial charge in [-0.15, -0.1) is 0 Å². The van der Waals surface area contributed by atoms with Crippen molar-refractivity contribution in [3.05, 3.63) is 35.4 Å². The molecule has 0 radical (unpaired) electrons. The first-order valence-corrected chi connectivity index (χ1v) is 9.68. The Hall–Kier alpha value is -0.860. The van der Waals surface area contributed by atoms with Crippen LogP contribution in [0.4, 0.5) is 0 Å². The number of nitrogens with zero attached hydrogens (tertiary/aromatic N) is 1. The molecule has 1 aliphatic heterocycles. The molecule has 3 atom stereocenters. The van der Waals surface area contributed by atoms with Crippen LogP contribution < -0.4 is 5.73 Å². The van der Waals surface area contributed by atoms with Crippen molar-refractivity contribution in [2.45, 2.75) is 76.8 Å². The minimum absolute atomic E-state index is 0.327. The molecular formula is C21H34N2. The summed E-state index contributed by atoms with van der Waals surface area (Å²) in [6.45, 7) is 9.17. The summed E-state index contributed by atoms with van der Waals surface area (Å²) in [4.78, 5) is 2.72. The van der Waals surface area contributed by atoms with Crippen LogP contribution in [0.15, 0.2) is 24.3 Å². The molecule has 1 aromatic carbocycles. The third-order valence-electron chi connectivity index (χ3n) is 6.17. The molecule has 2 nitrogen and oxygen atoms in total. The maximum absolute atomic E-state index is 6.44. The monoisotopic (exact) mass is 314 g/mol. The molecule has 3 rings (SSSR count). The minimum atomic E-state index is 0.327. The maximum Gasteiger partial charge on any atom is 0.0174 e. The zero-order valence-corrected chi connectivity index (χ0v) is 15.2. The molecule has 1 saturated heterocycles. The Kier molecular flexibility index (Phi) is 5.43. The van der Waals surface area contributed by atoms with Crippen LogP contribution in [0, 0.1) is 5.92 Å². The van der Waals surface area contributed by atoms with E-state index in [0.29, 0.717) is 17.9 Å². The van der Waals surface area contributed by atoms with Gasteiger partial charge in [0.15, 0.2) is 0 Å². The average Bonchev–Trinajstić information content (AvgIpc) is 2.50. The van der Waals surface area contributed by atoms with Gasteiger partial charge in [0, 0.05) is 25.2 Å². The predicted molar refractivity (Wildman–Crippen MR) is 98.9 cm³/mol. The quantitative estimate of drug-likeness (QED) is 0.866. The van der Waals surface area contributed by atoms with E-state index in [1.807, 2.05) is 0 Å². The number of hydrogen-bond donors (Lipinski definition) is 1. The minimum Gasteiger partial charge on any atom is -0.327 e. The lowest BCUT2D eigenvalue weighted by atomic mass is 9.76. The third-order valence-corrected chi connectivity index (χ3v) is 6.17. The van der Waals surface area contributed by atoms with Crippen LogP contribution >= 0.6 is 0 Å². The van der Waals surface area contributed by atoms with Gasteiger partial charge in [0.25, 0.3) is 0 Å². The normalized spacial score (nSPS) is 27.9. The van der Waals surface area contributed by atoms with Crippen molar-refractivity contribution in [3.63, 3.8) is 0 Å². The number of nitrogens with two attached hydrogens (primary N) is 1. The molecule has 23 heavy (non-hydrogen) atoms. The fraction of sp³-hybridized carbons (Fsp3) is 0.714. The Morgan fingerprint density at radius 3 is 2.35 bits per heavy atom. The van der Waals surface area contributed by atoms with E-state index in [2.05, 4.69) is 49.9 Å². The molecular weight excluding hydrogens is 280 g/mol. The second-order valence-corrected chi connectivity index (χ2v) is 8.13. The molecule has 1 heterocycles. The highest BCUT2D eigenvalue weighted by Crippen LogP contribution is 2.37. The van der Waals surface area contributed by atoms with Gasteiger partial charge in [-0.1, -0.05) is 51.5 Å². The first-order chi connectivity index (χ1) is 11.1. The van der Waals surface area contributed by atoms with Gasteiger partial charge in [-0.05, 0) is 54.6 Å². The standard InChI is InChI=1S/C21H34N2/c1-4-21(18-6-5-7-18)23-13-19(12-20(22)14-23)17-10-8-16(9-11-17)15(2)3/h8-11,15,18-21H,4-7,12-14,22H2,1-3H3. The van der Waals surface area contributed by atoms with E-state index in [0.717, 1.165) is 24.9 Å². The second kappa shape index (κ2) is 7.36. The summed E-state index contributed by atoms with van der Waals surface area (Å²) in [6.07, 6.45) is 6.70. The van der Waals surface area contributed by atoms with Gasteiger partial charge in [-0.2, -0.15) is 0 Å². The lowest BCUT2D eigenvalue weighted by Crippen LogP contribution is -2.53. The van der Waals surface area contributed by atoms with Crippen LogP contribution in [0.1, 0.15) is 75.8 Å². The first-order valence-electron chi connectivity index (χ1n) is 9.68. The van der Waals surface area contributed by atoms with Gasteiger partial charge in [-0.25, -0.2) is 0 Å². The van der Waals surface area contributed by atoms with Gasteiger partial charge in [0.05, 0.1) is 0 Å². The average molecular weight is 315 g/mol. The number of rotatable bonds is 5. The van der Waals surface area contributed by atoms with Gasteiger partial charge < -0.3 is 5.73 Å². The highest BCUT2D eigenvalue weighted by Gasteiger charge is 2.35. The number of piperidine rings is 1. The summed E-state index contributed by atoms with van der Waals surface area (Å²) < 4.78 is 0. The topological polar surface area (TPSA) is 29.3 Å².